The molecular weight excluding hydrogens is 416 g/mol. The van der Waals surface area contributed by atoms with Gasteiger partial charge in [-0.1, -0.05) is 46.3 Å². The molecule has 0 radical (unpaired) electrons. The quantitative estimate of drug-likeness (QED) is 0.501. The van der Waals surface area contributed by atoms with E-state index in [0.717, 1.165) is 32.1 Å². The van der Waals surface area contributed by atoms with E-state index in [9.17, 15) is 14.4 Å². The van der Waals surface area contributed by atoms with Crippen molar-refractivity contribution in [3.05, 3.63) is 23.8 Å². The number of carbonyl (C=O) groups excluding carboxylic acids is 3. The van der Waals surface area contributed by atoms with Crippen LogP contribution in [0.3, 0.4) is 0 Å². The van der Waals surface area contributed by atoms with Crippen LogP contribution in [0.15, 0.2) is 23.8 Å². The minimum Gasteiger partial charge on any atom is -0.425 e. The standard InChI is InChI=1S/C28H36O5/c1-14-16(3)28(33-25(14)31)24(30)15(2)23-22(32-28)13-21-19-7-6-17-12-18(29)8-10-26(17,4)20(19)9-11-27(21,23)5/h8,10,12,14-16,19-23H,6-7,9,11,13H2,1-5H3. The Labute approximate surface area is 196 Å². The van der Waals surface area contributed by atoms with Crippen LogP contribution in [0.25, 0.3) is 0 Å². The van der Waals surface area contributed by atoms with E-state index in [1.54, 1.807) is 6.08 Å². The molecule has 0 amide bonds. The topological polar surface area (TPSA) is 69.7 Å². The number of rotatable bonds is 0. The number of ether oxygens (including phenoxy) is 2. The molecule has 33 heavy (non-hydrogen) atoms. The molecule has 2 heterocycles. The van der Waals surface area contributed by atoms with Crippen molar-refractivity contribution in [2.45, 2.75) is 78.6 Å². The summed E-state index contributed by atoms with van der Waals surface area (Å²) < 4.78 is 12.4. The van der Waals surface area contributed by atoms with Crippen LogP contribution in [0.5, 0.6) is 0 Å². The molecule has 178 valence electrons. The molecule has 2 saturated heterocycles. The summed E-state index contributed by atoms with van der Waals surface area (Å²) in [6.07, 6.45) is 10.9. The highest BCUT2D eigenvalue weighted by Crippen LogP contribution is 2.69. The largest absolute Gasteiger partial charge is 0.425 e. The Balaban J connectivity index is 1.35. The molecule has 0 aromatic heterocycles. The molecule has 5 fully saturated rings. The molecule has 3 saturated carbocycles. The summed E-state index contributed by atoms with van der Waals surface area (Å²) >= 11 is 0. The number of allylic oxidation sites excluding steroid dienone is 4. The molecule has 2 aliphatic heterocycles. The van der Waals surface area contributed by atoms with Crippen LogP contribution in [0.4, 0.5) is 0 Å². The summed E-state index contributed by atoms with van der Waals surface area (Å²) in [7, 11) is 0. The van der Waals surface area contributed by atoms with Gasteiger partial charge in [0, 0.05) is 23.2 Å². The lowest BCUT2D eigenvalue weighted by molar-refractivity contribution is -0.266. The maximum absolute atomic E-state index is 13.7. The normalized spacial score (nSPS) is 54.9. The molecule has 5 heteroatoms. The highest BCUT2D eigenvalue weighted by Gasteiger charge is 2.70. The smallest absolute Gasteiger partial charge is 0.312 e. The van der Waals surface area contributed by atoms with Gasteiger partial charge in [0.05, 0.1) is 12.0 Å². The van der Waals surface area contributed by atoms with Crippen molar-refractivity contribution in [3.8, 4) is 0 Å². The van der Waals surface area contributed by atoms with Crippen molar-refractivity contribution in [3.63, 3.8) is 0 Å². The van der Waals surface area contributed by atoms with Gasteiger partial charge >= 0.3 is 5.97 Å². The zero-order valence-corrected chi connectivity index (χ0v) is 20.4. The van der Waals surface area contributed by atoms with Crippen LogP contribution in [0.1, 0.15) is 66.7 Å². The predicted octanol–water partition coefficient (Wildman–Crippen LogP) is 4.65. The summed E-state index contributed by atoms with van der Waals surface area (Å²) in [6.45, 7) is 10.5. The highest BCUT2D eigenvalue weighted by atomic mass is 16.7. The molecule has 0 aromatic carbocycles. The van der Waals surface area contributed by atoms with Crippen LogP contribution in [0.2, 0.25) is 0 Å². The fraction of sp³-hybridized carbons (Fsp3) is 0.750. The number of carbonyl (C=O) groups is 3. The van der Waals surface area contributed by atoms with Gasteiger partial charge in [0.2, 0.25) is 5.78 Å². The van der Waals surface area contributed by atoms with E-state index in [1.807, 2.05) is 26.8 Å². The summed E-state index contributed by atoms with van der Waals surface area (Å²) in [6, 6.07) is 0. The average molecular weight is 453 g/mol. The molecule has 0 aromatic rings. The van der Waals surface area contributed by atoms with E-state index >= 15 is 0 Å². The molecule has 4 aliphatic carbocycles. The minimum atomic E-state index is -1.40. The Morgan fingerprint density at radius 1 is 1.00 bits per heavy atom. The van der Waals surface area contributed by atoms with Crippen molar-refractivity contribution >= 4 is 17.5 Å². The number of hydrogen-bond acceptors (Lipinski definition) is 5. The van der Waals surface area contributed by atoms with Gasteiger partial charge in [-0.05, 0) is 67.4 Å². The lowest BCUT2D eigenvalue weighted by atomic mass is 9.47. The first-order valence-corrected chi connectivity index (χ1v) is 12.9. The molecule has 1 spiro atoms. The van der Waals surface area contributed by atoms with Crippen molar-refractivity contribution in [1.29, 1.82) is 0 Å². The summed E-state index contributed by atoms with van der Waals surface area (Å²) in [4.78, 5) is 38.2. The SMILES string of the molecule is CC1C(=O)OC2(OC3CC4C5CCC6=CC(=O)C=CC6(C)C5CCC4(C)C3C(C)C2=O)C1C. The maximum atomic E-state index is 13.7. The van der Waals surface area contributed by atoms with Gasteiger partial charge in [0.1, 0.15) is 0 Å². The van der Waals surface area contributed by atoms with Gasteiger partial charge in [0.25, 0.3) is 5.79 Å². The Morgan fingerprint density at radius 2 is 1.76 bits per heavy atom. The van der Waals surface area contributed by atoms with E-state index in [1.165, 1.54) is 5.57 Å². The molecule has 11 atom stereocenters. The molecule has 6 rings (SSSR count). The summed E-state index contributed by atoms with van der Waals surface area (Å²) in [5, 5.41) is 0. The first-order chi connectivity index (χ1) is 15.5. The van der Waals surface area contributed by atoms with Gasteiger partial charge < -0.3 is 9.47 Å². The van der Waals surface area contributed by atoms with Crippen LogP contribution in [-0.4, -0.2) is 29.4 Å². The third kappa shape index (κ3) is 2.55. The van der Waals surface area contributed by atoms with Gasteiger partial charge in [-0.15, -0.1) is 0 Å². The number of hydrogen-bond donors (Lipinski definition) is 0. The van der Waals surface area contributed by atoms with E-state index < -0.39 is 5.79 Å². The van der Waals surface area contributed by atoms with Gasteiger partial charge in [-0.2, -0.15) is 0 Å². The fourth-order valence-electron chi connectivity index (χ4n) is 9.28. The Hall–Kier alpha value is -1.75. The highest BCUT2D eigenvalue weighted by molar-refractivity contribution is 6.01. The average Bonchev–Trinajstić information content (AvgIpc) is 3.18. The lowest BCUT2D eigenvalue weighted by Gasteiger charge is -2.57. The van der Waals surface area contributed by atoms with Gasteiger partial charge in [0.15, 0.2) is 5.78 Å². The zero-order chi connectivity index (χ0) is 23.5. The number of esters is 1. The first kappa shape index (κ1) is 21.8. The Bertz CT molecular complexity index is 1010. The first-order valence-electron chi connectivity index (χ1n) is 12.9. The van der Waals surface area contributed by atoms with Crippen LogP contribution in [-0.2, 0) is 23.9 Å². The van der Waals surface area contributed by atoms with E-state index in [-0.39, 0.29) is 58.1 Å². The van der Waals surface area contributed by atoms with Crippen molar-refractivity contribution in [1.82, 2.24) is 0 Å². The zero-order valence-electron chi connectivity index (χ0n) is 20.4. The van der Waals surface area contributed by atoms with Crippen molar-refractivity contribution < 1.29 is 23.9 Å². The number of fused-ring (bicyclic) bond motifs is 7. The van der Waals surface area contributed by atoms with E-state index in [0.29, 0.717) is 17.8 Å². The third-order valence-corrected chi connectivity index (χ3v) is 11.2. The van der Waals surface area contributed by atoms with Crippen LogP contribution < -0.4 is 0 Å². The Kier molecular flexibility index (Phi) is 4.40. The van der Waals surface area contributed by atoms with E-state index in [2.05, 4.69) is 19.9 Å². The molecule has 6 aliphatic rings. The second-order valence-electron chi connectivity index (χ2n) is 12.4. The second kappa shape index (κ2) is 6.68. The molecule has 0 N–H and O–H groups in total. The second-order valence-corrected chi connectivity index (χ2v) is 12.4. The van der Waals surface area contributed by atoms with Crippen molar-refractivity contribution in [2.75, 3.05) is 0 Å². The lowest BCUT2D eigenvalue weighted by Crippen LogP contribution is -2.60. The number of Topliss-reactive ketones (excluding diaryl/α,β-unsaturated/α-hetero) is 1. The molecule has 11 unspecified atom stereocenters. The predicted molar refractivity (Wildman–Crippen MR) is 122 cm³/mol. The molecular formula is C28H36O5. The number of ketones is 2. The summed E-state index contributed by atoms with van der Waals surface area (Å²) in [5.74, 6) is -0.702. The Morgan fingerprint density at radius 3 is 2.45 bits per heavy atom. The van der Waals surface area contributed by atoms with Crippen LogP contribution >= 0.6 is 0 Å². The molecule has 0 bridgehead atoms. The van der Waals surface area contributed by atoms with Gasteiger partial charge in [-0.25, -0.2) is 0 Å². The van der Waals surface area contributed by atoms with Gasteiger partial charge in [-0.3, -0.25) is 14.4 Å². The third-order valence-electron chi connectivity index (χ3n) is 11.2. The van der Waals surface area contributed by atoms with Crippen molar-refractivity contribution in [2.24, 2.45) is 52.3 Å². The monoisotopic (exact) mass is 452 g/mol. The van der Waals surface area contributed by atoms with E-state index in [4.69, 9.17) is 9.47 Å². The maximum Gasteiger partial charge on any atom is 0.312 e. The summed E-state index contributed by atoms with van der Waals surface area (Å²) in [5.41, 5.74) is 1.31. The molecule has 5 nitrogen and oxygen atoms in total. The fourth-order valence-corrected chi connectivity index (χ4v) is 9.28. The minimum absolute atomic E-state index is 0.0347. The van der Waals surface area contributed by atoms with Crippen LogP contribution in [0, 0.1) is 52.3 Å².